The third-order valence-electron chi connectivity index (χ3n) is 4.55. The molecular weight excluding hydrogens is 290 g/mol. The van der Waals surface area contributed by atoms with E-state index in [0.29, 0.717) is 12.8 Å². The van der Waals surface area contributed by atoms with Gasteiger partial charge in [0.15, 0.2) is 0 Å². The zero-order valence-electron chi connectivity index (χ0n) is 13.4. The molecule has 0 fully saturated rings. The number of carbonyl (C=O) groups is 1. The Kier molecular flexibility index (Phi) is 4.76. The first kappa shape index (κ1) is 15.7. The van der Waals surface area contributed by atoms with Crippen molar-refractivity contribution in [3.05, 3.63) is 54.1 Å². The smallest absolute Gasteiger partial charge is 0.223 e. The molecule has 0 aliphatic carbocycles. The molecule has 3 rings (SSSR count). The largest absolute Gasteiger partial charge is 0.391 e. The Balaban J connectivity index is 1.53. The van der Waals surface area contributed by atoms with E-state index in [2.05, 4.69) is 14.9 Å². The van der Waals surface area contributed by atoms with Gasteiger partial charge in [-0.15, -0.1) is 0 Å². The van der Waals surface area contributed by atoms with Gasteiger partial charge in [0, 0.05) is 37.7 Å². The van der Waals surface area contributed by atoms with Gasteiger partial charge in [0.1, 0.15) is 5.82 Å². The first-order valence-corrected chi connectivity index (χ1v) is 8.16. The summed E-state index contributed by atoms with van der Waals surface area (Å²) in [4.78, 5) is 16.7. The van der Waals surface area contributed by atoms with Crippen molar-refractivity contribution in [1.29, 1.82) is 0 Å². The molecule has 5 heteroatoms. The number of aryl methyl sites for hydroxylation is 1. The van der Waals surface area contributed by atoms with Crippen LogP contribution in [-0.4, -0.2) is 32.7 Å². The van der Waals surface area contributed by atoms with Gasteiger partial charge < -0.3 is 15.0 Å². The van der Waals surface area contributed by atoms with Crippen molar-refractivity contribution < 1.29 is 9.90 Å². The van der Waals surface area contributed by atoms with Crippen LogP contribution in [0.1, 0.15) is 24.7 Å². The summed E-state index contributed by atoms with van der Waals surface area (Å²) in [5, 5.41) is 13.3. The molecular formula is C18H23N3O2. The molecule has 0 radical (unpaired) electrons. The molecule has 122 valence electrons. The average Bonchev–Trinajstić information content (AvgIpc) is 3.03. The quantitative estimate of drug-likeness (QED) is 0.880. The third-order valence-corrected chi connectivity index (χ3v) is 4.55. The number of hydrogen-bond donors (Lipinski definition) is 2. The Morgan fingerprint density at radius 3 is 3.00 bits per heavy atom. The number of fused-ring (bicyclic) bond motifs is 1. The lowest BCUT2D eigenvalue weighted by molar-refractivity contribution is -0.127. The van der Waals surface area contributed by atoms with Gasteiger partial charge in [-0.25, -0.2) is 4.98 Å². The molecule has 0 bridgehead atoms. The monoisotopic (exact) mass is 313 g/mol. The number of aliphatic hydroxyl groups is 1. The van der Waals surface area contributed by atoms with Gasteiger partial charge in [-0.1, -0.05) is 30.3 Å². The fourth-order valence-electron chi connectivity index (χ4n) is 3.05. The molecule has 2 heterocycles. The van der Waals surface area contributed by atoms with E-state index in [1.165, 1.54) is 0 Å². The van der Waals surface area contributed by atoms with E-state index in [9.17, 15) is 9.90 Å². The Morgan fingerprint density at radius 2 is 2.22 bits per heavy atom. The predicted molar refractivity (Wildman–Crippen MR) is 87.8 cm³/mol. The van der Waals surface area contributed by atoms with Crippen LogP contribution in [0.15, 0.2) is 42.7 Å². The van der Waals surface area contributed by atoms with Gasteiger partial charge in [-0.05, 0) is 18.9 Å². The highest BCUT2D eigenvalue weighted by atomic mass is 16.3. The number of nitrogens with one attached hydrogen (secondary N) is 1. The minimum atomic E-state index is -0.591. The summed E-state index contributed by atoms with van der Waals surface area (Å²) >= 11 is 0. The zero-order valence-corrected chi connectivity index (χ0v) is 13.4. The van der Waals surface area contributed by atoms with E-state index in [1.54, 1.807) is 6.20 Å². The highest BCUT2D eigenvalue weighted by Crippen LogP contribution is 2.19. The maximum Gasteiger partial charge on any atom is 0.223 e. The maximum atomic E-state index is 12.4. The van der Waals surface area contributed by atoms with E-state index in [0.717, 1.165) is 24.4 Å². The van der Waals surface area contributed by atoms with Crippen molar-refractivity contribution in [3.63, 3.8) is 0 Å². The van der Waals surface area contributed by atoms with Crippen molar-refractivity contribution in [1.82, 2.24) is 14.9 Å². The van der Waals surface area contributed by atoms with Crippen molar-refractivity contribution in [2.45, 2.75) is 44.9 Å². The normalized spacial score (nSPS) is 19.7. The van der Waals surface area contributed by atoms with Crippen LogP contribution >= 0.6 is 0 Å². The van der Waals surface area contributed by atoms with Gasteiger partial charge in [-0.3, -0.25) is 4.79 Å². The lowest BCUT2D eigenvalue weighted by atomic mass is 9.95. The highest BCUT2D eigenvalue weighted by molar-refractivity contribution is 5.79. The maximum absolute atomic E-state index is 12.4. The number of carbonyl (C=O) groups excluding carboxylic acids is 1. The molecule has 0 saturated carbocycles. The molecule has 23 heavy (non-hydrogen) atoms. The molecule has 0 unspecified atom stereocenters. The van der Waals surface area contributed by atoms with Gasteiger partial charge >= 0.3 is 0 Å². The fourth-order valence-corrected chi connectivity index (χ4v) is 3.05. The van der Waals surface area contributed by atoms with Crippen LogP contribution < -0.4 is 5.32 Å². The summed E-state index contributed by atoms with van der Waals surface area (Å²) in [6.45, 7) is 2.68. The van der Waals surface area contributed by atoms with Gasteiger partial charge in [0.05, 0.1) is 12.1 Å². The number of amides is 1. The number of imidazole rings is 1. The summed E-state index contributed by atoms with van der Waals surface area (Å²) in [5.41, 5.74) is 1.07. The number of nitrogens with zero attached hydrogens (tertiary/aromatic N) is 2. The van der Waals surface area contributed by atoms with Gasteiger partial charge in [0.25, 0.3) is 0 Å². The zero-order chi connectivity index (χ0) is 16.2. The van der Waals surface area contributed by atoms with Crippen LogP contribution in [0.2, 0.25) is 0 Å². The Labute approximate surface area is 136 Å². The Morgan fingerprint density at radius 1 is 1.43 bits per heavy atom. The standard InChI is InChI=1S/C18H23N3O2/c1-13(16(22)11-14-5-3-2-4-6-14)20-18(23)15-7-9-21-10-8-19-17(21)12-15/h2-6,8,10,13,15-16,22H,7,9,11-12H2,1H3,(H,20,23)/t13-,15-,16+/m0/s1. The van der Waals surface area contributed by atoms with E-state index in [4.69, 9.17) is 0 Å². The minimum absolute atomic E-state index is 0.0128. The lowest BCUT2D eigenvalue weighted by Crippen LogP contribution is -2.46. The summed E-state index contributed by atoms with van der Waals surface area (Å²) in [5.74, 6) is 0.920. The third kappa shape index (κ3) is 3.79. The van der Waals surface area contributed by atoms with Crippen LogP contribution in [0.5, 0.6) is 0 Å². The molecule has 1 aliphatic rings. The molecule has 0 saturated heterocycles. The second-order valence-corrected chi connectivity index (χ2v) is 6.28. The van der Waals surface area contributed by atoms with Gasteiger partial charge in [0.2, 0.25) is 5.91 Å². The van der Waals surface area contributed by atoms with Crippen LogP contribution in [-0.2, 0) is 24.2 Å². The number of aromatic nitrogens is 2. The summed E-state index contributed by atoms with van der Waals surface area (Å²) in [7, 11) is 0. The second-order valence-electron chi connectivity index (χ2n) is 6.28. The summed E-state index contributed by atoms with van der Waals surface area (Å²) in [6.07, 6.45) is 5.17. The minimum Gasteiger partial charge on any atom is -0.391 e. The SMILES string of the molecule is C[C@H](NC(=O)[C@H]1CCn2ccnc2C1)[C@H](O)Cc1ccccc1. The van der Waals surface area contributed by atoms with Crippen LogP contribution in [0.3, 0.4) is 0 Å². The van der Waals surface area contributed by atoms with E-state index < -0.39 is 6.10 Å². The highest BCUT2D eigenvalue weighted by Gasteiger charge is 2.27. The first-order chi connectivity index (χ1) is 11.1. The van der Waals surface area contributed by atoms with Crippen molar-refractivity contribution in [2.75, 3.05) is 0 Å². The molecule has 3 atom stereocenters. The summed E-state index contributed by atoms with van der Waals surface area (Å²) in [6, 6.07) is 9.56. The van der Waals surface area contributed by atoms with Crippen LogP contribution in [0, 0.1) is 5.92 Å². The molecule has 5 nitrogen and oxygen atoms in total. The molecule has 2 N–H and O–H groups in total. The van der Waals surface area contributed by atoms with Gasteiger partial charge in [-0.2, -0.15) is 0 Å². The fraction of sp³-hybridized carbons (Fsp3) is 0.444. The number of aliphatic hydroxyl groups excluding tert-OH is 1. The number of benzene rings is 1. The molecule has 1 aromatic carbocycles. The Hall–Kier alpha value is -2.14. The van der Waals surface area contributed by atoms with Crippen molar-refractivity contribution in [2.24, 2.45) is 5.92 Å². The topological polar surface area (TPSA) is 67.2 Å². The molecule has 1 aliphatic heterocycles. The lowest BCUT2D eigenvalue weighted by Gasteiger charge is -2.26. The predicted octanol–water partition coefficient (Wildman–Crippen LogP) is 1.55. The summed E-state index contributed by atoms with van der Waals surface area (Å²) < 4.78 is 2.09. The first-order valence-electron chi connectivity index (χ1n) is 8.16. The Bertz CT molecular complexity index is 653. The number of rotatable bonds is 5. The number of hydrogen-bond acceptors (Lipinski definition) is 3. The van der Waals surface area contributed by atoms with E-state index >= 15 is 0 Å². The van der Waals surface area contributed by atoms with Crippen LogP contribution in [0.4, 0.5) is 0 Å². The van der Waals surface area contributed by atoms with Crippen molar-refractivity contribution in [3.8, 4) is 0 Å². The second kappa shape index (κ2) is 6.96. The van der Waals surface area contributed by atoms with Crippen molar-refractivity contribution >= 4 is 5.91 Å². The van der Waals surface area contributed by atoms with E-state index in [1.807, 2.05) is 43.5 Å². The van der Waals surface area contributed by atoms with Crippen LogP contribution in [0.25, 0.3) is 0 Å². The molecule has 2 aromatic rings. The van der Waals surface area contributed by atoms with E-state index in [-0.39, 0.29) is 17.9 Å². The molecule has 1 amide bonds. The molecule has 1 aromatic heterocycles. The molecule has 0 spiro atoms. The average molecular weight is 313 g/mol.